The average molecular weight is 541 g/mol. The molecule has 0 N–H and O–H groups in total. The first kappa shape index (κ1) is 27.2. The normalized spacial score (nSPS) is 12.9. The minimum absolute atomic E-state index is 0. The summed E-state index contributed by atoms with van der Waals surface area (Å²) >= 11 is 1.40. The number of likely N-dealkylation sites (N-methyl/N-ethyl adjacent to an activating group) is 1. The van der Waals surface area contributed by atoms with E-state index in [0.29, 0.717) is 48.4 Å². The van der Waals surface area contributed by atoms with Crippen molar-refractivity contribution < 1.29 is 22.7 Å². The largest absolute Gasteiger partial charge is 0.454 e. The van der Waals surface area contributed by atoms with Crippen LogP contribution in [0.4, 0.5) is 5.13 Å². The van der Waals surface area contributed by atoms with Crippen LogP contribution >= 0.6 is 23.7 Å². The Labute approximate surface area is 215 Å². The Bertz CT molecular complexity index is 1250. The molecular formula is C23H29ClN4O5S2. The molecule has 0 bridgehead atoms. The molecule has 0 saturated heterocycles. The number of thiazole rings is 1. The summed E-state index contributed by atoms with van der Waals surface area (Å²) in [5.41, 5.74) is 1.12. The lowest BCUT2D eigenvalue weighted by atomic mass is 10.2. The first-order valence-corrected chi connectivity index (χ1v) is 13.3. The van der Waals surface area contributed by atoms with Gasteiger partial charge in [0.1, 0.15) is 0 Å². The topological polar surface area (TPSA) is 92.3 Å². The summed E-state index contributed by atoms with van der Waals surface area (Å²) in [6.07, 6.45) is 0. The molecule has 4 rings (SSSR count). The summed E-state index contributed by atoms with van der Waals surface area (Å²) in [7, 11) is 0.283. The lowest BCUT2D eigenvalue weighted by Gasteiger charge is -2.22. The Morgan fingerprint density at radius 3 is 2.26 bits per heavy atom. The summed E-state index contributed by atoms with van der Waals surface area (Å²) in [6.45, 7) is 5.62. The maximum absolute atomic E-state index is 13.5. The van der Waals surface area contributed by atoms with E-state index < -0.39 is 10.0 Å². The third kappa shape index (κ3) is 5.54. The lowest BCUT2D eigenvalue weighted by molar-refractivity contribution is 0.0985. The van der Waals surface area contributed by atoms with E-state index in [1.54, 1.807) is 30.9 Å². The standard InChI is InChI=1S/C23H28N4O5S2.ClH/c1-5-26(6-2)34(29,30)17-9-7-16(8-10-17)22(28)27(12-11-25(3)4)23-24-18-13-19-20(32-15-31-19)14-21(18)33-23;/h7-10,13-14H,5-6,11-12,15H2,1-4H3;1H. The van der Waals surface area contributed by atoms with Crippen LogP contribution in [0.15, 0.2) is 41.3 Å². The van der Waals surface area contributed by atoms with Crippen LogP contribution in [0.3, 0.4) is 0 Å². The van der Waals surface area contributed by atoms with Crippen LogP contribution in [-0.2, 0) is 10.0 Å². The first-order chi connectivity index (χ1) is 16.2. The number of carbonyl (C=O) groups is 1. The Balaban J connectivity index is 0.00000342. The summed E-state index contributed by atoms with van der Waals surface area (Å²) in [4.78, 5) is 22.0. The van der Waals surface area contributed by atoms with E-state index in [0.717, 1.165) is 10.2 Å². The van der Waals surface area contributed by atoms with Crippen molar-refractivity contribution in [2.75, 3.05) is 52.0 Å². The van der Waals surface area contributed by atoms with Gasteiger partial charge in [0.25, 0.3) is 5.91 Å². The fraction of sp³-hybridized carbons (Fsp3) is 0.391. The van der Waals surface area contributed by atoms with Gasteiger partial charge in [-0.3, -0.25) is 9.69 Å². The number of sulfonamides is 1. The minimum atomic E-state index is -3.59. The Hall–Kier alpha value is -2.44. The number of ether oxygens (including phenoxy) is 2. The highest BCUT2D eigenvalue weighted by Gasteiger charge is 2.25. The van der Waals surface area contributed by atoms with Gasteiger partial charge in [0.2, 0.25) is 16.8 Å². The Morgan fingerprint density at radius 1 is 1.03 bits per heavy atom. The quantitative estimate of drug-likeness (QED) is 0.409. The molecule has 3 aromatic rings. The molecule has 0 saturated carbocycles. The zero-order chi connectivity index (χ0) is 24.5. The van der Waals surface area contributed by atoms with Gasteiger partial charge in [-0.25, -0.2) is 13.4 Å². The van der Waals surface area contributed by atoms with Crippen LogP contribution in [0.25, 0.3) is 10.2 Å². The Kier molecular flexibility index (Phi) is 8.60. The number of aromatic nitrogens is 1. The predicted molar refractivity (Wildman–Crippen MR) is 140 cm³/mol. The van der Waals surface area contributed by atoms with Gasteiger partial charge in [-0.1, -0.05) is 25.2 Å². The van der Waals surface area contributed by atoms with Gasteiger partial charge in [0.15, 0.2) is 16.6 Å². The van der Waals surface area contributed by atoms with Gasteiger partial charge in [0.05, 0.1) is 15.1 Å². The SMILES string of the molecule is CCN(CC)S(=O)(=O)c1ccc(C(=O)N(CCN(C)C)c2nc3cc4c(cc3s2)OCO4)cc1.Cl. The van der Waals surface area contributed by atoms with Crippen molar-refractivity contribution in [1.82, 2.24) is 14.2 Å². The highest BCUT2D eigenvalue weighted by atomic mass is 35.5. The third-order valence-corrected chi connectivity index (χ3v) is 8.67. The van der Waals surface area contributed by atoms with Crippen molar-refractivity contribution in [3.05, 3.63) is 42.0 Å². The maximum Gasteiger partial charge on any atom is 0.260 e. The molecule has 1 amide bonds. The van der Waals surface area contributed by atoms with Crippen molar-refractivity contribution in [2.24, 2.45) is 0 Å². The molecular weight excluding hydrogens is 512 g/mol. The molecule has 12 heteroatoms. The lowest BCUT2D eigenvalue weighted by Crippen LogP contribution is -2.36. The van der Waals surface area contributed by atoms with Crippen LogP contribution in [0.5, 0.6) is 11.5 Å². The summed E-state index contributed by atoms with van der Waals surface area (Å²) < 4.78 is 38.8. The number of halogens is 1. The smallest absolute Gasteiger partial charge is 0.260 e. The van der Waals surface area contributed by atoms with E-state index in [1.807, 2.05) is 31.1 Å². The molecule has 9 nitrogen and oxygen atoms in total. The molecule has 190 valence electrons. The van der Waals surface area contributed by atoms with Gasteiger partial charge >= 0.3 is 0 Å². The highest BCUT2D eigenvalue weighted by molar-refractivity contribution is 7.89. The van der Waals surface area contributed by atoms with E-state index in [2.05, 4.69) is 4.98 Å². The molecule has 1 aliphatic heterocycles. The molecule has 0 spiro atoms. The maximum atomic E-state index is 13.5. The molecule has 2 aromatic carbocycles. The predicted octanol–water partition coefficient (Wildman–Crippen LogP) is 3.69. The average Bonchev–Trinajstić information content (AvgIpc) is 3.43. The van der Waals surface area contributed by atoms with Crippen LogP contribution in [0, 0.1) is 0 Å². The molecule has 0 atom stereocenters. The molecule has 2 heterocycles. The van der Waals surface area contributed by atoms with Crippen molar-refractivity contribution >= 4 is 55.0 Å². The molecule has 0 fully saturated rings. The third-order valence-electron chi connectivity index (χ3n) is 5.56. The van der Waals surface area contributed by atoms with E-state index >= 15 is 0 Å². The number of anilines is 1. The van der Waals surface area contributed by atoms with E-state index in [1.165, 1.54) is 27.8 Å². The zero-order valence-corrected chi connectivity index (χ0v) is 22.5. The minimum Gasteiger partial charge on any atom is -0.454 e. The van der Waals surface area contributed by atoms with Crippen LogP contribution < -0.4 is 14.4 Å². The second kappa shape index (κ2) is 11.1. The van der Waals surface area contributed by atoms with Crippen molar-refractivity contribution in [3.8, 4) is 11.5 Å². The van der Waals surface area contributed by atoms with Crippen LogP contribution in [-0.4, -0.2) is 75.6 Å². The fourth-order valence-corrected chi connectivity index (χ4v) is 6.10. The van der Waals surface area contributed by atoms with Crippen molar-refractivity contribution in [2.45, 2.75) is 18.7 Å². The van der Waals surface area contributed by atoms with Gasteiger partial charge in [-0.05, 0) is 38.4 Å². The number of hydrogen-bond donors (Lipinski definition) is 0. The number of rotatable bonds is 9. The number of benzene rings is 2. The monoisotopic (exact) mass is 540 g/mol. The molecule has 0 unspecified atom stereocenters. The van der Waals surface area contributed by atoms with Crippen LogP contribution in [0.2, 0.25) is 0 Å². The van der Waals surface area contributed by atoms with Gasteiger partial charge in [-0.15, -0.1) is 12.4 Å². The number of fused-ring (bicyclic) bond motifs is 2. The van der Waals surface area contributed by atoms with Crippen molar-refractivity contribution in [1.29, 1.82) is 0 Å². The second-order valence-electron chi connectivity index (χ2n) is 8.04. The second-order valence-corrected chi connectivity index (χ2v) is 11.0. The van der Waals surface area contributed by atoms with E-state index in [9.17, 15) is 13.2 Å². The van der Waals surface area contributed by atoms with Gasteiger partial charge < -0.3 is 14.4 Å². The highest BCUT2D eigenvalue weighted by Crippen LogP contribution is 2.40. The van der Waals surface area contributed by atoms with E-state index in [-0.39, 0.29) is 30.0 Å². The molecule has 35 heavy (non-hydrogen) atoms. The molecule has 1 aromatic heterocycles. The molecule has 1 aliphatic rings. The fourth-order valence-electron chi connectivity index (χ4n) is 3.64. The zero-order valence-electron chi connectivity index (χ0n) is 20.1. The first-order valence-electron chi connectivity index (χ1n) is 11.0. The van der Waals surface area contributed by atoms with Gasteiger partial charge in [0, 0.05) is 43.9 Å². The number of carbonyl (C=O) groups excluding carboxylic acids is 1. The summed E-state index contributed by atoms with van der Waals surface area (Å²) in [5, 5.41) is 0.561. The number of amides is 1. The Morgan fingerprint density at radius 2 is 1.66 bits per heavy atom. The van der Waals surface area contributed by atoms with E-state index in [4.69, 9.17) is 9.47 Å². The molecule has 0 aliphatic carbocycles. The number of nitrogens with zero attached hydrogens (tertiary/aromatic N) is 4. The molecule has 0 radical (unpaired) electrons. The number of hydrogen-bond acceptors (Lipinski definition) is 8. The van der Waals surface area contributed by atoms with Gasteiger partial charge in [-0.2, -0.15) is 4.31 Å². The van der Waals surface area contributed by atoms with Crippen molar-refractivity contribution in [3.63, 3.8) is 0 Å². The summed E-state index contributed by atoms with van der Waals surface area (Å²) in [6, 6.07) is 9.79. The van der Waals surface area contributed by atoms with Crippen LogP contribution in [0.1, 0.15) is 24.2 Å². The summed E-state index contributed by atoms with van der Waals surface area (Å²) in [5.74, 6) is 1.06.